The normalized spacial score (nSPS) is 13.8. The Morgan fingerprint density at radius 2 is 1.81 bits per heavy atom. The molecule has 11 heteroatoms. The molecule has 0 aromatic carbocycles. The number of anilines is 1. The van der Waals surface area contributed by atoms with E-state index in [4.69, 9.17) is 16.3 Å². The summed E-state index contributed by atoms with van der Waals surface area (Å²) in [4.78, 5) is 41.5. The van der Waals surface area contributed by atoms with Gasteiger partial charge in [0.05, 0.1) is 10.7 Å². The monoisotopic (exact) mass is 455 g/mol. The molecule has 4 rings (SSSR count). The Labute approximate surface area is 189 Å². The summed E-state index contributed by atoms with van der Waals surface area (Å²) in [5.74, 6) is 0.0348. The van der Waals surface area contributed by atoms with E-state index >= 15 is 0 Å². The number of hydrogen-bond donors (Lipinski definition) is 0. The van der Waals surface area contributed by atoms with Gasteiger partial charge < -0.3 is 14.5 Å². The van der Waals surface area contributed by atoms with E-state index in [1.807, 2.05) is 24.8 Å². The summed E-state index contributed by atoms with van der Waals surface area (Å²) in [6, 6.07) is 6.88. The Kier molecular flexibility index (Phi) is 6.31. The molecule has 1 aliphatic rings. The molecule has 0 radical (unpaired) electrons. The number of aryl methyl sites for hydroxylation is 2. The predicted octanol–water partition coefficient (Wildman–Crippen LogP) is 1.83. The lowest BCUT2D eigenvalue weighted by molar-refractivity contribution is -0.134. The van der Waals surface area contributed by atoms with E-state index in [0.717, 1.165) is 11.4 Å². The van der Waals surface area contributed by atoms with Crippen LogP contribution in [0.4, 0.5) is 5.95 Å². The topological polar surface area (TPSA) is 106 Å². The van der Waals surface area contributed by atoms with Crippen molar-refractivity contribution in [2.45, 2.75) is 13.8 Å². The van der Waals surface area contributed by atoms with Gasteiger partial charge in [-0.05, 0) is 38.1 Å². The minimum atomic E-state index is -0.761. The number of ether oxygens (including phenoxy) is 1. The van der Waals surface area contributed by atoms with Crippen LogP contribution in [0.1, 0.15) is 21.9 Å². The SMILES string of the molecule is Cc1cc(C)n(-c2ccc(Cl)c(C(=O)OCC(=O)N3CCN(c4ncccn4)CC3)n2)n1. The van der Waals surface area contributed by atoms with Crippen LogP contribution in [-0.2, 0) is 9.53 Å². The molecule has 1 saturated heterocycles. The summed E-state index contributed by atoms with van der Waals surface area (Å²) >= 11 is 6.16. The Morgan fingerprint density at radius 1 is 1.09 bits per heavy atom. The second-order valence-corrected chi connectivity index (χ2v) is 7.74. The van der Waals surface area contributed by atoms with Crippen molar-refractivity contribution in [3.8, 4) is 5.82 Å². The molecule has 10 nitrogen and oxygen atoms in total. The van der Waals surface area contributed by atoms with Gasteiger partial charge >= 0.3 is 5.97 Å². The second kappa shape index (κ2) is 9.31. The first kappa shape index (κ1) is 21.7. The molecule has 0 spiro atoms. The quantitative estimate of drug-likeness (QED) is 0.536. The zero-order valence-corrected chi connectivity index (χ0v) is 18.5. The third-order valence-corrected chi connectivity index (χ3v) is 5.35. The number of piperazine rings is 1. The highest BCUT2D eigenvalue weighted by molar-refractivity contribution is 6.33. The molecular formula is C21H22ClN7O3. The minimum Gasteiger partial charge on any atom is -0.451 e. The average Bonchev–Trinajstić information content (AvgIpc) is 3.16. The van der Waals surface area contributed by atoms with E-state index in [9.17, 15) is 9.59 Å². The van der Waals surface area contributed by atoms with Gasteiger partial charge in [-0.25, -0.2) is 24.4 Å². The largest absolute Gasteiger partial charge is 0.451 e. The number of carbonyl (C=O) groups is 2. The number of rotatable bonds is 5. The maximum absolute atomic E-state index is 12.6. The number of pyridine rings is 1. The van der Waals surface area contributed by atoms with Gasteiger partial charge in [-0.1, -0.05) is 11.6 Å². The van der Waals surface area contributed by atoms with Gasteiger partial charge in [-0.3, -0.25) is 4.79 Å². The van der Waals surface area contributed by atoms with Crippen molar-refractivity contribution < 1.29 is 14.3 Å². The summed E-state index contributed by atoms with van der Waals surface area (Å²) < 4.78 is 6.83. The summed E-state index contributed by atoms with van der Waals surface area (Å²) in [6.07, 6.45) is 3.37. The first-order valence-corrected chi connectivity index (χ1v) is 10.5. The van der Waals surface area contributed by atoms with Crippen molar-refractivity contribution in [2.75, 3.05) is 37.7 Å². The number of nitrogens with zero attached hydrogens (tertiary/aromatic N) is 7. The Hall–Kier alpha value is -3.53. The Morgan fingerprint density at radius 3 is 2.47 bits per heavy atom. The standard InChI is InChI=1S/C21H22ClN7O3/c1-14-12-15(2)29(26-14)17-5-4-16(22)19(25-17)20(31)32-13-18(30)27-8-10-28(11-9-27)21-23-6-3-7-24-21/h3-7,12H,8-11,13H2,1-2H3. The Balaban J connectivity index is 1.35. The molecule has 0 saturated carbocycles. The number of carbonyl (C=O) groups excluding carboxylic acids is 2. The third-order valence-electron chi connectivity index (χ3n) is 5.05. The molecule has 3 aromatic rings. The first-order chi connectivity index (χ1) is 15.4. The van der Waals surface area contributed by atoms with Crippen LogP contribution in [0.25, 0.3) is 5.82 Å². The van der Waals surface area contributed by atoms with Crippen LogP contribution in [0.3, 0.4) is 0 Å². The van der Waals surface area contributed by atoms with Crippen molar-refractivity contribution in [3.05, 3.63) is 58.8 Å². The minimum absolute atomic E-state index is 0.0597. The van der Waals surface area contributed by atoms with Crippen molar-refractivity contribution in [2.24, 2.45) is 0 Å². The van der Waals surface area contributed by atoms with E-state index in [1.54, 1.807) is 40.2 Å². The van der Waals surface area contributed by atoms with Gasteiger partial charge in [-0.15, -0.1) is 0 Å². The van der Waals surface area contributed by atoms with Gasteiger partial charge in [0.2, 0.25) is 5.95 Å². The fraction of sp³-hybridized carbons (Fsp3) is 0.333. The highest BCUT2D eigenvalue weighted by atomic mass is 35.5. The average molecular weight is 456 g/mol. The second-order valence-electron chi connectivity index (χ2n) is 7.33. The molecule has 166 valence electrons. The van der Waals surface area contributed by atoms with Crippen molar-refractivity contribution in [1.29, 1.82) is 0 Å². The summed E-state index contributed by atoms with van der Waals surface area (Å²) in [7, 11) is 0. The maximum Gasteiger partial charge on any atom is 0.359 e. The van der Waals surface area contributed by atoms with Crippen LogP contribution in [0.15, 0.2) is 36.7 Å². The highest BCUT2D eigenvalue weighted by Crippen LogP contribution is 2.19. The molecule has 1 aliphatic heterocycles. The van der Waals surface area contributed by atoms with E-state index in [-0.39, 0.29) is 23.2 Å². The molecular weight excluding hydrogens is 434 g/mol. The molecule has 0 atom stereocenters. The van der Waals surface area contributed by atoms with Crippen LogP contribution < -0.4 is 4.90 Å². The number of hydrogen-bond acceptors (Lipinski definition) is 8. The van der Waals surface area contributed by atoms with Gasteiger partial charge in [-0.2, -0.15) is 5.10 Å². The van der Waals surface area contributed by atoms with E-state index in [2.05, 4.69) is 20.1 Å². The predicted molar refractivity (Wildman–Crippen MR) is 117 cm³/mol. The van der Waals surface area contributed by atoms with Crippen molar-refractivity contribution >= 4 is 29.4 Å². The molecule has 3 aromatic heterocycles. The maximum atomic E-state index is 12.6. The number of halogens is 1. The molecule has 1 amide bonds. The third kappa shape index (κ3) is 4.70. The van der Waals surface area contributed by atoms with Crippen LogP contribution in [-0.4, -0.2) is 74.3 Å². The smallest absolute Gasteiger partial charge is 0.359 e. The molecule has 0 unspecified atom stereocenters. The molecule has 0 aliphatic carbocycles. The number of esters is 1. The molecule has 1 fully saturated rings. The van der Waals surface area contributed by atoms with Gasteiger partial charge in [0, 0.05) is 44.3 Å². The van der Waals surface area contributed by atoms with Crippen molar-refractivity contribution in [1.82, 2.24) is 29.6 Å². The fourth-order valence-electron chi connectivity index (χ4n) is 3.45. The van der Waals surface area contributed by atoms with Gasteiger partial charge in [0.15, 0.2) is 18.1 Å². The van der Waals surface area contributed by atoms with Crippen LogP contribution in [0.2, 0.25) is 5.02 Å². The first-order valence-electron chi connectivity index (χ1n) is 10.1. The molecule has 32 heavy (non-hydrogen) atoms. The summed E-state index contributed by atoms with van der Waals surface area (Å²) in [5.41, 5.74) is 1.63. The zero-order valence-electron chi connectivity index (χ0n) is 17.7. The van der Waals surface area contributed by atoms with Crippen LogP contribution in [0.5, 0.6) is 0 Å². The van der Waals surface area contributed by atoms with Crippen molar-refractivity contribution in [3.63, 3.8) is 0 Å². The highest BCUT2D eigenvalue weighted by Gasteiger charge is 2.24. The van der Waals surface area contributed by atoms with E-state index in [0.29, 0.717) is 37.9 Å². The van der Waals surface area contributed by atoms with Gasteiger partial charge in [0.1, 0.15) is 0 Å². The van der Waals surface area contributed by atoms with Gasteiger partial charge in [0.25, 0.3) is 5.91 Å². The lowest BCUT2D eigenvalue weighted by Crippen LogP contribution is -2.50. The Bertz CT molecular complexity index is 1130. The summed E-state index contributed by atoms with van der Waals surface area (Å²) in [5, 5.41) is 4.50. The number of aromatic nitrogens is 5. The van der Waals surface area contributed by atoms with Crippen LogP contribution >= 0.6 is 11.6 Å². The van der Waals surface area contributed by atoms with E-state index < -0.39 is 5.97 Å². The number of amides is 1. The lowest BCUT2D eigenvalue weighted by Gasteiger charge is -2.34. The lowest BCUT2D eigenvalue weighted by atomic mass is 10.3. The molecule has 0 bridgehead atoms. The van der Waals surface area contributed by atoms with E-state index in [1.165, 1.54) is 0 Å². The molecule has 0 N–H and O–H groups in total. The molecule has 4 heterocycles. The zero-order chi connectivity index (χ0) is 22.7. The van der Waals surface area contributed by atoms with Crippen LogP contribution in [0, 0.1) is 13.8 Å². The summed E-state index contributed by atoms with van der Waals surface area (Å²) in [6.45, 7) is 5.54. The fourth-order valence-corrected chi connectivity index (χ4v) is 3.63.